The van der Waals surface area contributed by atoms with Crippen molar-refractivity contribution >= 4 is 18.0 Å². The Balaban J connectivity index is 2.81. The third-order valence-electron chi connectivity index (χ3n) is 2.69. The minimum atomic E-state index is -0.553. The van der Waals surface area contributed by atoms with Crippen LogP contribution < -0.4 is 11.1 Å². The second-order valence-electron chi connectivity index (χ2n) is 4.46. The molecule has 0 spiro atoms. The largest absolute Gasteiger partial charge is 0.330 e. The summed E-state index contributed by atoms with van der Waals surface area (Å²) in [5.41, 5.74) is 6.82. The second kappa shape index (κ2) is 8.51. The lowest BCUT2D eigenvalue weighted by Gasteiger charge is -2.12. The van der Waals surface area contributed by atoms with Crippen molar-refractivity contribution < 1.29 is 9.59 Å². The van der Waals surface area contributed by atoms with Crippen LogP contribution in [0.25, 0.3) is 0 Å². The predicted molar refractivity (Wildman–Crippen MR) is 79.9 cm³/mol. The molecular weight excluding hydrogens is 268 g/mol. The fraction of sp³-hybridized carbons (Fsp3) is 0.267. The number of nitriles is 1. The summed E-state index contributed by atoms with van der Waals surface area (Å²) in [5.74, 6) is -0.553. The van der Waals surface area contributed by atoms with Crippen LogP contribution in [0, 0.1) is 18.3 Å². The summed E-state index contributed by atoms with van der Waals surface area (Å²) in [5, 5.41) is 11.7. The molecule has 0 aliphatic heterocycles. The lowest BCUT2D eigenvalue weighted by Crippen LogP contribution is -2.22. The maximum absolute atomic E-state index is 12.0. The summed E-state index contributed by atoms with van der Waals surface area (Å²) in [6, 6.07) is 9.02. The predicted octanol–water partition coefficient (Wildman–Crippen LogP) is 1.15. The maximum atomic E-state index is 12.0. The summed E-state index contributed by atoms with van der Waals surface area (Å²) >= 11 is 0. The van der Waals surface area contributed by atoms with Crippen molar-refractivity contribution in [1.29, 1.82) is 5.26 Å². The van der Waals surface area contributed by atoms with E-state index in [2.05, 4.69) is 5.32 Å². The van der Waals surface area contributed by atoms with Gasteiger partial charge in [-0.1, -0.05) is 12.1 Å². The molecule has 6 heteroatoms. The van der Waals surface area contributed by atoms with Gasteiger partial charge >= 0.3 is 0 Å². The number of aryl methyl sites for hydroxylation is 1. The maximum Gasteiger partial charge on any atom is 0.267 e. The number of rotatable bonds is 7. The molecule has 21 heavy (non-hydrogen) atoms. The average Bonchev–Trinajstić information content (AvgIpc) is 2.47. The molecule has 0 heterocycles. The van der Waals surface area contributed by atoms with E-state index in [1.54, 1.807) is 24.3 Å². The van der Waals surface area contributed by atoms with Crippen LogP contribution in [0.3, 0.4) is 0 Å². The Kier molecular flexibility index (Phi) is 6.65. The van der Waals surface area contributed by atoms with Crippen molar-refractivity contribution in [2.24, 2.45) is 5.73 Å². The second-order valence-corrected chi connectivity index (χ2v) is 4.46. The van der Waals surface area contributed by atoms with E-state index in [1.807, 2.05) is 13.0 Å². The Morgan fingerprint density at radius 1 is 1.52 bits per heavy atom. The zero-order valence-corrected chi connectivity index (χ0v) is 11.9. The summed E-state index contributed by atoms with van der Waals surface area (Å²) in [4.78, 5) is 24.1. The van der Waals surface area contributed by atoms with E-state index in [0.717, 1.165) is 5.56 Å². The third-order valence-corrected chi connectivity index (χ3v) is 2.69. The van der Waals surface area contributed by atoms with Crippen LogP contribution in [0.4, 0.5) is 5.69 Å². The van der Waals surface area contributed by atoms with E-state index in [4.69, 9.17) is 11.0 Å². The van der Waals surface area contributed by atoms with Gasteiger partial charge in [0.2, 0.25) is 6.41 Å². The highest BCUT2D eigenvalue weighted by Gasteiger charge is 2.11. The van der Waals surface area contributed by atoms with Gasteiger partial charge in [0, 0.05) is 18.4 Å². The summed E-state index contributed by atoms with van der Waals surface area (Å²) < 4.78 is 0. The Morgan fingerprint density at radius 2 is 2.29 bits per heavy atom. The van der Waals surface area contributed by atoms with Crippen LogP contribution in [0.15, 0.2) is 36.0 Å². The molecule has 0 unspecified atom stereocenters. The molecule has 0 saturated carbocycles. The Bertz CT molecular complexity index is 575. The van der Waals surface area contributed by atoms with Crippen molar-refractivity contribution in [2.45, 2.75) is 13.3 Å². The smallest absolute Gasteiger partial charge is 0.267 e. The van der Waals surface area contributed by atoms with Crippen LogP contribution in [0.2, 0.25) is 0 Å². The molecule has 1 rings (SSSR count). The number of anilines is 1. The standard InChI is InChI=1S/C15H18N4O2/c1-12-4-2-5-14(8-12)18-15(21)13(9-17)10-19(11-20)7-3-6-16/h2,4-5,8,10-11H,3,6-7,16H2,1H3,(H,18,21)/b13-10-. The Hall–Kier alpha value is -2.65. The van der Waals surface area contributed by atoms with E-state index in [-0.39, 0.29) is 5.57 Å². The molecule has 3 N–H and O–H groups in total. The zero-order valence-electron chi connectivity index (χ0n) is 11.9. The first-order chi connectivity index (χ1) is 10.1. The zero-order chi connectivity index (χ0) is 15.7. The van der Waals surface area contributed by atoms with Gasteiger partial charge in [0.1, 0.15) is 11.6 Å². The molecule has 0 radical (unpaired) electrons. The fourth-order valence-corrected chi connectivity index (χ4v) is 1.65. The molecular formula is C15H18N4O2. The van der Waals surface area contributed by atoms with Gasteiger partial charge in [-0.05, 0) is 37.6 Å². The van der Waals surface area contributed by atoms with E-state index in [9.17, 15) is 9.59 Å². The number of carbonyl (C=O) groups is 2. The van der Waals surface area contributed by atoms with Gasteiger partial charge in [0.25, 0.3) is 5.91 Å². The van der Waals surface area contributed by atoms with Crippen molar-refractivity contribution in [3.63, 3.8) is 0 Å². The number of hydrogen-bond acceptors (Lipinski definition) is 4. The average molecular weight is 286 g/mol. The number of hydrogen-bond donors (Lipinski definition) is 2. The summed E-state index contributed by atoms with van der Waals surface area (Å²) in [7, 11) is 0. The fourth-order valence-electron chi connectivity index (χ4n) is 1.65. The van der Waals surface area contributed by atoms with Gasteiger partial charge in [0.05, 0.1) is 0 Å². The highest BCUT2D eigenvalue weighted by molar-refractivity contribution is 6.06. The highest BCUT2D eigenvalue weighted by Crippen LogP contribution is 2.11. The number of nitrogens with one attached hydrogen (secondary N) is 1. The van der Waals surface area contributed by atoms with Crippen LogP contribution >= 0.6 is 0 Å². The Labute approximate surface area is 123 Å². The van der Waals surface area contributed by atoms with Gasteiger partial charge in [-0.15, -0.1) is 0 Å². The van der Waals surface area contributed by atoms with Gasteiger partial charge in [-0.2, -0.15) is 5.26 Å². The van der Waals surface area contributed by atoms with Gasteiger partial charge in [-0.3, -0.25) is 9.59 Å². The van der Waals surface area contributed by atoms with Gasteiger partial charge in [-0.25, -0.2) is 0 Å². The van der Waals surface area contributed by atoms with Gasteiger partial charge in [0.15, 0.2) is 0 Å². The van der Waals surface area contributed by atoms with Crippen LogP contribution in [0.1, 0.15) is 12.0 Å². The molecule has 0 saturated heterocycles. The molecule has 0 fully saturated rings. The van der Waals surface area contributed by atoms with Crippen molar-refractivity contribution in [1.82, 2.24) is 4.90 Å². The minimum absolute atomic E-state index is 0.138. The van der Waals surface area contributed by atoms with Gasteiger partial charge < -0.3 is 16.0 Å². The monoisotopic (exact) mass is 286 g/mol. The van der Waals surface area contributed by atoms with Crippen LogP contribution in [-0.2, 0) is 9.59 Å². The van der Waals surface area contributed by atoms with E-state index >= 15 is 0 Å². The molecule has 6 nitrogen and oxygen atoms in total. The topological polar surface area (TPSA) is 99.2 Å². The Morgan fingerprint density at radius 3 is 2.86 bits per heavy atom. The van der Waals surface area contributed by atoms with Crippen molar-refractivity contribution in [3.05, 3.63) is 41.6 Å². The molecule has 110 valence electrons. The van der Waals surface area contributed by atoms with E-state index in [0.29, 0.717) is 31.6 Å². The van der Waals surface area contributed by atoms with Crippen molar-refractivity contribution in [3.8, 4) is 6.07 Å². The molecule has 0 atom stereocenters. The molecule has 0 aliphatic carbocycles. The lowest BCUT2D eigenvalue weighted by atomic mass is 10.2. The first kappa shape index (κ1) is 16.4. The normalized spacial score (nSPS) is 10.6. The first-order valence-corrected chi connectivity index (χ1v) is 6.51. The molecule has 0 aliphatic rings. The number of benzene rings is 1. The van der Waals surface area contributed by atoms with Crippen LogP contribution in [-0.4, -0.2) is 30.3 Å². The van der Waals surface area contributed by atoms with Crippen LogP contribution in [0.5, 0.6) is 0 Å². The summed E-state index contributed by atoms with van der Waals surface area (Å²) in [6.07, 6.45) is 2.38. The third kappa shape index (κ3) is 5.47. The van der Waals surface area contributed by atoms with E-state index in [1.165, 1.54) is 11.1 Å². The molecule has 0 aromatic heterocycles. The summed E-state index contributed by atoms with van der Waals surface area (Å²) in [6.45, 7) is 2.69. The quantitative estimate of drug-likeness (QED) is 0.446. The number of carbonyl (C=O) groups excluding carboxylic acids is 2. The van der Waals surface area contributed by atoms with Crippen molar-refractivity contribution in [2.75, 3.05) is 18.4 Å². The molecule has 1 aromatic rings. The highest BCUT2D eigenvalue weighted by atomic mass is 16.2. The SMILES string of the molecule is Cc1cccc(NC(=O)/C(C#N)=C\N(C=O)CCCN)c1. The minimum Gasteiger partial charge on any atom is -0.330 e. The molecule has 2 amide bonds. The lowest BCUT2D eigenvalue weighted by molar-refractivity contribution is -0.116. The first-order valence-electron chi connectivity index (χ1n) is 6.51. The van der Waals surface area contributed by atoms with E-state index < -0.39 is 5.91 Å². The number of amides is 2. The number of nitrogens with zero attached hydrogens (tertiary/aromatic N) is 2. The molecule has 1 aromatic carbocycles. The number of nitrogens with two attached hydrogens (primary N) is 1. The molecule has 0 bridgehead atoms.